The first-order valence-electron chi connectivity index (χ1n) is 6.48. The van der Waals surface area contributed by atoms with Gasteiger partial charge in [-0.2, -0.15) is 12.6 Å². The van der Waals surface area contributed by atoms with Gasteiger partial charge in [0.15, 0.2) is 0 Å². The summed E-state index contributed by atoms with van der Waals surface area (Å²) in [6, 6.07) is 0.887. The number of hydrogen-bond donors (Lipinski definition) is 1. The fourth-order valence-corrected chi connectivity index (χ4v) is 3.14. The molecule has 15 heavy (non-hydrogen) atoms. The second-order valence-corrected chi connectivity index (χ2v) is 5.62. The maximum atomic E-state index is 4.61. The molecule has 0 unspecified atom stereocenters. The topological polar surface area (TPSA) is 3.24 Å². The summed E-state index contributed by atoms with van der Waals surface area (Å²) in [5.74, 6) is 1.05. The van der Waals surface area contributed by atoms with Crippen molar-refractivity contribution in [2.24, 2.45) is 5.41 Å². The molecule has 0 spiro atoms. The van der Waals surface area contributed by atoms with E-state index in [1.54, 1.807) is 0 Å². The highest BCUT2D eigenvalue weighted by Gasteiger charge is 2.33. The van der Waals surface area contributed by atoms with E-state index in [1.807, 2.05) is 0 Å². The van der Waals surface area contributed by atoms with Gasteiger partial charge in [0.1, 0.15) is 0 Å². The Hall–Kier alpha value is 0.310. The molecule has 0 aromatic heterocycles. The molecule has 0 aromatic rings. The largest absolute Gasteiger partial charge is 0.303 e. The maximum Gasteiger partial charge on any atom is 0.00936 e. The van der Waals surface area contributed by atoms with Crippen LogP contribution >= 0.6 is 12.6 Å². The molecule has 1 nitrogen and oxygen atoms in total. The van der Waals surface area contributed by atoms with Crippen LogP contribution in [0.5, 0.6) is 0 Å². The van der Waals surface area contributed by atoms with Crippen LogP contribution in [0.4, 0.5) is 0 Å². The second kappa shape index (κ2) is 6.15. The molecule has 0 atom stereocenters. The number of hydrogen-bond acceptors (Lipinski definition) is 2. The highest BCUT2D eigenvalue weighted by molar-refractivity contribution is 7.80. The summed E-state index contributed by atoms with van der Waals surface area (Å²) >= 11 is 4.61. The first-order chi connectivity index (χ1) is 7.17. The molecule has 1 rings (SSSR count). The molecule has 0 amide bonds. The van der Waals surface area contributed by atoms with Gasteiger partial charge >= 0.3 is 0 Å². The van der Waals surface area contributed by atoms with E-state index in [9.17, 15) is 0 Å². The van der Waals surface area contributed by atoms with E-state index < -0.39 is 0 Å². The van der Waals surface area contributed by atoms with Gasteiger partial charge in [0.25, 0.3) is 0 Å². The summed E-state index contributed by atoms with van der Waals surface area (Å²) in [6.07, 6.45) is 8.08. The van der Waals surface area contributed by atoms with Gasteiger partial charge in [0, 0.05) is 12.6 Å². The second-order valence-electron chi connectivity index (χ2n) is 5.30. The molecule has 0 saturated heterocycles. The molecule has 1 aliphatic carbocycles. The molecule has 0 aromatic carbocycles. The lowest BCUT2D eigenvalue weighted by atomic mass is 9.80. The zero-order chi connectivity index (χ0) is 11.3. The van der Waals surface area contributed by atoms with Crippen molar-refractivity contribution in [3.05, 3.63) is 0 Å². The Morgan fingerprint density at radius 2 is 1.73 bits per heavy atom. The Bertz CT molecular complexity index is 171. The Labute approximate surface area is 101 Å². The average Bonchev–Trinajstić information content (AvgIpc) is 3.01. The minimum absolute atomic E-state index is 0.476. The monoisotopic (exact) mass is 229 g/mol. The Morgan fingerprint density at radius 1 is 1.20 bits per heavy atom. The van der Waals surface area contributed by atoms with Gasteiger partial charge in [-0.15, -0.1) is 0 Å². The van der Waals surface area contributed by atoms with Crippen LogP contribution in [0.15, 0.2) is 0 Å². The lowest BCUT2D eigenvalue weighted by Gasteiger charge is -2.36. The number of thiol groups is 1. The molecule has 0 radical (unpaired) electrons. The highest BCUT2D eigenvalue weighted by atomic mass is 32.1. The molecule has 0 N–H and O–H groups in total. The van der Waals surface area contributed by atoms with Crippen molar-refractivity contribution in [3.8, 4) is 0 Å². The molecule has 1 saturated carbocycles. The molecule has 1 fully saturated rings. The van der Waals surface area contributed by atoms with Crippen LogP contribution in [-0.2, 0) is 0 Å². The fourth-order valence-electron chi connectivity index (χ4n) is 2.73. The van der Waals surface area contributed by atoms with E-state index in [-0.39, 0.29) is 0 Å². The van der Waals surface area contributed by atoms with Crippen LogP contribution in [0.2, 0.25) is 0 Å². The highest BCUT2D eigenvalue weighted by Crippen LogP contribution is 2.35. The van der Waals surface area contributed by atoms with Crippen molar-refractivity contribution in [1.29, 1.82) is 0 Å². The minimum atomic E-state index is 0.476. The predicted molar refractivity (Wildman–Crippen MR) is 71.8 cm³/mol. The van der Waals surface area contributed by atoms with Gasteiger partial charge in [-0.25, -0.2) is 0 Å². The molecular formula is C13H27NS. The first kappa shape index (κ1) is 13.4. The summed E-state index contributed by atoms with van der Waals surface area (Å²) in [4.78, 5) is 2.57. The van der Waals surface area contributed by atoms with Gasteiger partial charge < -0.3 is 4.90 Å². The summed E-state index contributed by atoms with van der Waals surface area (Å²) in [5, 5.41) is 0. The lowest BCUT2D eigenvalue weighted by molar-refractivity contribution is 0.164. The third kappa shape index (κ3) is 3.99. The molecule has 0 aliphatic heterocycles. The Balaban J connectivity index is 2.51. The van der Waals surface area contributed by atoms with E-state index in [4.69, 9.17) is 0 Å². The Morgan fingerprint density at radius 3 is 2.07 bits per heavy atom. The fraction of sp³-hybridized carbons (Fsp3) is 1.00. The van der Waals surface area contributed by atoms with Crippen molar-refractivity contribution in [2.45, 2.75) is 58.4 Å². The maximum absolute atomic E-state index is 4.61. The quantitative estimate of drug-likeness (QED) is 0.623. The summed E-state index contributed by atoms with van der Waals surface area (Å²) < 4.78 is 0. The third-order valence-corrected chi connectivity index (χ3v) is 4.32. The van der Waals surface area contributed by atoms with Crippen molar-refractivity contribution < 1.29 is 0 Å². The molecule has 0 heterocycles. The molecule has 1 aliphatic rings. The van der Waals surface area contributed by atoms with Crippen molar-refractivity contribution in [3.63, 3.8) is 0 Å². The van der Waals surface area contributed by atoms with Crippen LogP contribution in [0.1, 0.15) is 52.4 Å². The van der Waals surface area contributed by atoms with Crippen LogP contribution in [-0.4, -0.2) is 30.3 Å². The van der Waals surface area contributed by atoms with E-state index in [0.717, 1.165) is 11.8 Å². The average molecular weight is 229 g/mol. The standard InChI is InChI=1S/C13H27NS/c1-4-8-13(11-15,9-5-2)10-14(3)12-6-7-12/h12,15H,4-11H2,1-3H3. The summed E-state index contributed by atoms with van der Waals surface area (Å²) in [7, 11) is 2.29. The number of rotatable bonds is 8. The van der Waals surface area contributed by atoms with Gasteiger partial charge in [-0.05, 0) is 43.9 Å². The SMILES string of the molecule is CCCC(CS)(CCC)CN(C)C1CC1. The molecule has 2 heteroatoms. The zero-order valence-electron chi connectivity index (χ0n) is 10.6. The molecule has 0 bridgehead atoms. The first-order valence-corrected chi connectivity index (χ1v) is 7.12. The normalized spacial score (nSPS) is 17.4. The van der Waals surface area contributed by atoms with Crippen LogP contribution in [0.3, 0.4) is 0 Å². The zero-order valence-corrected chi connectivity index (χ0v) is 11.5. The van der Waals surface area contributed by atoms with Crippen LogP contribution < -0.4 is 0 Å². The van der Waals surface area contributed by atoms with Crippen molar-refractivity contribution >= 4 is 12.6 Å². The molecular weight excluding hydrogens is 202 g/mol. The van der Waals surface area contributed by atoms with Crippen LogP contribution in [0.25, 0.3) is 0 Å². The molecule has 90 valence electrons. The van der Waals surface area contributed by atoms with Gasteiger partial charge in [0.05, 0.1) is 0 Å². The summed E-state index contributed by atoms with van der Waals surface area (Å²) in [6.45, 7) is 5.85. The minimum Gasteiger partial charge on any atom is -0.303 e. The van der Waals surface area contributed by atoms with E-state index >= 15 is 0 Å². The third-order valence-electron chi connectivity index (χ3n) is 3.65. The van der Waals surface area contributed by atoms with E-state index in [0.29, 0.717) is 5.41 Å². The van der Waals surface area contributed by atoms with E-state index in [1.165, 1.54) is 45.1 Å². The van der Waals surface area contributed by atoms with Crippen LogP contribution in [0, 0.1) is 5.41 Å². The lowest BCUT2D eigenvalue weighted by Crippen LogP contribution is -2.38. The van der Waals surface area contributed by atoms with E-state index in [2.05, 4.69) is 38.4 Å². The van der Waals surface area contributed by atoms with Crippen molar-refractivity contribution in [1.82, 2.24) is 4.90 Å². The number of nitrogens with zero attached hydrogens (tertiary/aromatic N) is 1. The summed E-state index contributed by atoms with van der Waals surface area (Å²) in [5.41, 5.74) is 0.476. The van der Waals surface area contributed by atoms with Gasteiger partial charge in [-0.1, -0.05) is 26.7 Å². The van der Waals surface area contributed by atoms with Gasteiger partial charge in [0.2, 0.25) is 0 Å². The van der Waals surface area contributed by atoms with Gasteiger partial charge in [-0.3, -0.25) is 0 Å². The predicted octanol–water partition coefficient (Wildman–Crippen LogP) is 3.60. The Kier molecular flexibility index (Phi) is 5.48. The van der Waals surface area contributed by atoms with Crippen molar-refractivity contribution in [2.75, 3.05) is 19.3 Å². The smallest absolute Gasteiger partial charge is 0.00936 e.